The van der Waals surface area contributed by atoms with Crippen molar-refractivity contribution < 1.29 is 44.3 Å². The number of hydrogen-bond donors (Lipinski definition) is 2. The van der Waals surface area contributed by atoms with Crippen LogP contribution in [0.5, 0.6) is 0 Å². The smallest absolute Gasteiger partial charge is 0.326 e. The average Bonchev–Trinajstić information content (AvgIpc) is 2.72. The van der Waals surface area contributed by atoms with Gasteiger partial charge in [0.05, 0.1) is 0 Å². The summed E-state index contributed by atoms with van der Waals surface area (Å²) < 4.78 is 122. The molecular weight excluding hydrogens is 547 g/mol. The Morgan fingerprint density at radius 3 is 1.97 bits per heavy atom. The molecule has 3 N–H and O–H groups in total. The van der Waals surface area contributed by atoms with Crippen LogP contribution in [0.3, 0.4) is 0 Å². The van der Waals surface area contributed by atoms with Crippen LogP contribution in [-0.4, -0.2) is 24.2 Å². The molecule has 0 aromatic heterocycles. The number of alkyl halides is 9. The van der Waals surface area contributed by atoms with Gasteiger partial charge in [0.25, 0.3) is 5.91 Å². The number of halogens is 10. The molecule has 0 heterocycles. The first-order valence-electron chi connectivity index (χ1n) is 9.56. The summed E-state index contributed by atoms with van der Waals surface area (Å²) in [6.45, 7) is 2.56. The van der Waals surface area contributed by atoms with Gasteiger partial charge in [0.15, 0.2) is 0 Å². The van der Waals surface area contributed by atoms with Gasteiger partial charge >= 0.3 is 23.9 Å². The van der Waals surface area contributed by atoms with E-state index in [4.69, 9.17) is 5.73 Å². The van der Waals surface area contributed by atoms with Gasteiger partial charge in [0, 0.05) is 27.8 Å². The fourth-order valence-corrected chi connectivity index (χ4v) is 3.82. The van der Waals surface area contributed by atoms with Gasteiger partial charge in [0.2, 0.25) is 0 Å². The first kappa shape index (κ1) is 28.0. The second-order valence-corrected chi connectivity index (χ2v) is 8.23. The average molecular weight is 565 g/mol. The number of carbonyl (C=O) groups is 1. The lowest BCUT2D eigenvalue weighted by Gasteiger charge is -2.36. The van der Waals surface area contributed by atoms with Crippen LogP contribution in [0, 0.1) is 6.92 Å². The van der Waals surface area contributed by atoms with Gasteiger partial charge in [-0.3, -0.25) is 4.79 Å². The molecule has 0 aliphatic carbocycles. The van der Waals surface area contributed by atoms with Crippen molar-refractivity contribution in [2.24, 2.45) is 5.73 Å². The van der Waals surface area contributed by atoms with Crippen LogP contribution in [0.15, 0.2) is 34.8 Å². The van der Waals surface area contributed by atoms with E-state index in [1.54, 1.807) is 0 Å². The number of aryl methyl sites for hydroxylation is 2. The highest BCUT2D eigenvalue weighted by Gasteiger charge is 2.81. The number of carbonyl (C=O) groups excluding carboxylic acids is 1. The molecule has 0 saturated carbocycles. The molecule has 13 heteroatoms. The Morgan fingerprint density at radius 2 is 1.53 bits per heavy atom. The molecule has 0 fully saturated rings. The SMILES string of the molecule is CCc1cc(C(F)(C(F)(F)F)C(F)(F)C(F)(F)F)cc(C)c1NC(=O)c1ccc(CN)c(Br)c1. The minimum atomic E-state index is -6.83. The number of nitrogens with two attached hydrogens (primary N) is 1. The predicted molar refractivity (Wildman–Crippen MR) is 110 cm³/mol. The Kier molecular flexibility index (Phi) is 7.73. The van der Waals surface area contributed by atoms with Crippen LogP contribution >= 0.6 is 15.9 Å². The van der Waals surface area contributed by atoms with Gasteiger partial charge in [-0.25, -0.2) is 4.39 Å². The van der Waals surface area contributed by atoms with E-state index in [2.05, 4.69) is 21.2 Å². The predicted octanol–water partition coefficient (Wildman–Crippen LogP) is 6.96. The molecule has 1 atom stereocenters. The van der Waals surface area contributed by atoms with Crippen LogP contribution < -0.4 is 11.1 Å². The standard InChI is InChI=1S/C21H18BrF9N2O/c1-3-11-7-14(18(23,20(26,27)28)19(24,25)21(29,30)31)6-10(2)16(11)33-17(34)12-4-5-13(9-32)15(22)8-12/h4-8H,3,9,32H2,1-2H3,(H,33,34). The third kappa shape index (κ3) is 4.77. The highest BCUT2D eigenvalue weighted by Crippen LogP contribution is 2.58. The highest BCUT2D eigenvalue weighted by molar-refractivity contribution is 9.10. The van der Waals surface area contributed by atoms with Gasteiger partial charge < -0.3 is 11.1 Å². The third-order valence-electron chi connectivity index (χ3n) is 5.15. The summed E-state index contributed by atoms with van der Waals surface area (Å²) in [6.07, 6.45) is -13.6. The summed E-state index contributed by atoms with van der Waals surface area (Å²) >= 11 is 3.22. The molecular formula is C21H18BrF9N2O. The zero-order valence-corrected chi connectivity index (χ0v) is 19.2. The van der Waals surface area contributed by atoms with E-state index in [0.717, 1.165) is 6.92 Å². The minimum absolute atomic E-state index is 0.0911. The molecule has 0 radical (unpaired) electrons. The second-order valence-electron chi connectivity index (χ2n) is 7.37. The van der Waals surface area contributed by atoms with E-state index in [9.17, 15) is 44.3 Å². The molecule has 188 valence electrons. The molecule has 0 spiro atoms. The van der Waals surface area contributed by atoms with E-state index in [0.29, 0.717) is 10.0 Å². The second kappa shape index (κ2) is 9.40. The molecule has 1 unspecified atom stereocenters. The summed E-state index contributed by atoms with van der Waals surface area (Å²) in [5.74, 6) is -7.53. The maximum atomic E-state index is 14.9. The van der Waals surface area contributed by atoms with Crippen LogP contribution in [0.2, 0.25) is 0 Å². The van der Waals surface area contributed by atoms with Crippen molar-refractivity contribution in [3.63, 3.8) is 0 Å². The minimum Gasteiger partial charge on any atom is -0.326 e. The summed E-state index contributed by atoms with van der Waals surface area (Å²) in [5.41, 5.74) is -2.45. The van der Waals surface area contributed by atoms with Crippen molar-refractivity contribution in [3.8, 4) is 0 Å². The summed E-state index contributed by atoms with van der Waals surface area (Å²) in [5, 5.41) is 2.39. The van der Waals surface area contributed by atoms with Crippen molar-refractivity contribution >= 4 is 27.5 Å². The summed E-state index contributed by atoms with van der Waals surface area (Å²) in [4.78, 5) is 12.6. The molecule has 0 aliphatic rings. The molecule has 2 rings (SSSR count). The van der Waals surface area contributed by atoms with Crippen LogP contribution in [0.25, 0.3) is 0 Å². The van der Waals surface area contributed by atoms with E-state index in [1.807, 2.05) is 0 Å². The largest absolute Gasteiger partial charge is 0.457 e. The summed E-state index contributed by atoms with van der Waals surface area (Å²) in [6, 6.07) is 4.82. The molecule has 2 aromatic rings. The van der Waals surface area contributed by atoms with Gasteiger partial charge in [-0.2, -0.15) is 35.1 Å². The molecule has 0 saturated heterocycles. The lowest BCUT2D eigenvalue weighted by atomic mass is 9.85. The lowest BCUT2D eigenvalue weighted by molar-refractivity contribution is -0.389. The first-order chi connectivity index (χ1) is 15.4. The number of anilines is 1. The van der Waals surface area contributed by atoms with E-state index in [-0.39, 0.29) is 47.5 Å². The zero-order chi connectivity index (χ0) is 26.3. The third-order valence-corrected chi connectivity index (χ3v) is 5.89. The number of amides is 1. The Bertz CT molecular complexity index is 1080. The maximum Gasteiger partial charge on any atom is 0.457 e. The molecule has 34 heavy (non-hydrogen) atoms. The molecule has 1 amide bonds. The van der Waals surface area contributed by atoms with Crippen molar-refractivity contribution in [1.29, 1.82) is 0 Å². The van der Waals surface area contributed by atoms with Gasteiger partial charge in [-0.1, -0.05) is 35.0 Å². The first-order valence-corrected chi connectivity index (χ1v) is 10.4. The maximum absolute atomic E-state index is 14.9. The molecule has 0 aliphatic heterocycles. The summed E-state index contributed by atoms with van der Waals surface area (Å²) in [7, 11) is 0. The fraction of sp³-hybridized carbons (Fsp3) is 0.381. The van der Waals surface area contributed by atoms with Crippen molar-refractivity contribution in [3.05, 3.63) is 62.6 Å². The Labute approximate surface area is 196 Å². The van der Waals surface area contributed by atoms with Crippen LogP contribution in [0.1, 0.15) is 39.5 Å². The normalized spacial score (nSPS) is 14.6. The topological polar surface area (TPSA) is 55.1 Å². The van der Waals surface area contributed by atoms with Gasteiger partial charge in [-0.05, 0) is 48.2 Å². The van der Waals surface area contributed by atoms with Crippen molar-refractivity contribution in [2.75, 3.05) is 5.32 Å². The Hall–Kier alpha value is -2.28. The monoisotopic (exact) mass is 564 g/mol. The van der Waals surface area contributed by atoms with E-state index >= 15 is 0 Å². The van der Waals surface area contributed by atoms with Crippen LogP contribution in [-0.2, 0) is 18.6 Å². The Balaban J connectivity index is 2.61. The van der Waals surface area contributed by atoms with Gasteiger partial charge in [0.1, 0.15) is 0 Å². The zero-order valence-electron chi connectivity index (χ0n) is 17.6. The number of rotatable bonds is 6. The molecule has 3 nitrogen and oxygen atoms in total. The molecule has 2 aromatic carbocycles. The lowest BCUT2D eigenvalue weighted by Crippen LogP contribution is -2.59. The fourth-order valence-electron chi connectivity index (χ4n) is 3.27. The van der Waals surface area contributed by atoms with Gasteiger partial charge in [-0.15, -0.1) is 0 Å². The van der Waals surface area contributed by atoms with E-state index < -0.39 is 35.4 Å². The highest BCUT2D eigenvalue weighted by atomic mass is 79.9. The number of nitrogens with one attached hydrogen (secondary N) is 1. The van der Waals surface area contributed by atoms with E-state index in [1.165, 1.54) is 25.1 Å². The quantitative estimate of drug-likeness (QED) is 0.373. The van der Waals surface area contributed by atoms with Crippen LogP contribution in [0.4, 0.5) is 45.2 Å². The molecule has 0 bridgehead atoms. The van der Waals surface area contributed by atoms with Crippen molar-refractivity contribution in [1.82, 2.24) is 0 Å². The number of benzene rings is 2. The van der Waals surface area contributed by atoms with Crippen molar-refractivity contribution in [2.45, 2.75) is 50.8 Å². The number of hydrogen-bond acceptors (Lipinski definition) is 2. The Morgan fingerprint density at radius 1 is 0.941 bits per heavy atom.